The molecule has 2 saturated heterocycles. The molecule has 152 valence electrons. The third-order valence-electron chi connectivity index (χ3n) is 5.74. The van der Waals surface area contributed by atoms with Gasteiger partial charge in [-0.15, -0.1) is 0 Å². The lowest BCUT2D eigenvalue weighted by Gasteiger charge is -2.47. The van der Waals surface area contributed by atoms with E-state index in [0.717, 1.165) is 63.6 Å². The van der Waals surface area contributed by atoms with Gasteiger partial charge in [0.25, 0.3) is 0 Å². The van der Waals surface area contributed by atoms with Gasteiger partial charge in [0.1, 0.15) is 6.61 Å². The first-order chi connectivity index (χ1) is 13.0. The molecule has 2 N–H and O–H groups in total. The van der Waals surface area contributed by atoms with Crippen molar-refractivity contribution in [1.29, 1.82) is 0 Å². The minimum atomic E-state index is -0.470. The second-order valence-electron chi connectivity index (χ2n) is 8.11. The second-order valence-corrected chi connectivity index (χ2v) is 8.11. The molecule has 0 unspecified atom stereocenters. The Morgan fingerprint density at radius 2 is 2.11 bits per heavy atom. The van der Waals surface area contributed by atoms with Crippen molar-refractivity contribution in [3.05, 3.63) is 23.8 Å². The maximum Gasteiger partial charge on any atom is 0.161 e. The maximum atomic E-state index is 10.8. The Kier molecular flexibility index (Phi) is 6.98. The van der Waals surface area contributed by atoms with E-state index in [0.29, 0.717) is 19.1 Å². The first kappa shape index (κ1) is 20.4. The van der Waals surface area contributed by atoms with Crippen molar-refractivity contribution < 1.29 is 14.6 Å². The molecule has 1 aromatic carbocycles. The number of hydrogen-bond acceptors (Lipinski definition) is 6. The minimum Gasteiger partial charge on any atom is -0.490 e. The molecule has 2 aliphatic rings. The van der Waals surface area contributed by atoms with E-state index in [4.69, 9.17) is 9.47 Å². The molecule has 0 radical (unpaired) electrons. The topological polar surface area (TPSA) is 57.2 Å². The van der Waals surface area contributed by atoms with Crippen LogP contribution in [0, 0.1) is 5.92 Å². The molecule has 0 spiro atoms. The van der Waals surface area contributed by atoms with Gasteiger partial charge in [0.05, 0.1) is 12.2 Å². The number of aliphatic hydroxyl groups is 1. The number of nitrogens with one attached hydrogen (secondary N) is 1. The average Bonchev–Trinajstić information content (AvgIpc) is 2.63. The smallest absolute Gasteiger partial charge is 0.161 e. The summed E-state index contributed by atoms with van der Waals surface area (Å²) in [4.78, 5) is 4.55. The standard InChI is InChI=1S/C21H35N3O3/c1-4-26-20-13-17(5-6-19(20)27-12-11-23(2)3)15-24-10-8-21(25)7-9-22-14-18(21)16-24/h5-6,13,18,22,25H,4,7-12,14-16H2,1-3H3/t18-,21-/m0/s1. The zero-order valence-corrected chi connectivity index (χ0v) is 17.0. The van der Waals surface area contributed by atoms with Gasteiger partial charge in [-0.3, -0.25) is 4.90 Å². The molecular weight excluding hydrogens is 342 g/mol. The van der Waals surface area contributed by atoms with Crippen molar-refractivity contribution >= 4 is 0 Å². The summed E-state index contributed by atoms with van der Waals surface area (Å²) in [6.45, 7) is 8.74. The van der Waals surface area contributed by atoms with Gasteiger partial charge in [0.2, 0.25) is 0 Å². The molecule has 2 atom stereocenters. The zero-order valence-electron chi connectivity index (χ0n) is 17.0. The van der Waals surface area contributed by atoms with Crippen molar-refractivity contribution in [2.45, 2.75) is 31.9 Å². The molecule has 27 heavy (non-hydrogen) atoms. The largest absolute Gasteiger partial charge is 0.490 e. The molecule has 3 rings (SSSR count). The van der Waals surface area contributed by atoms with Gasteiger partial charge in [-0.2, -0.15) is 0 Å². The molecule has 2 fully saturated rings. The summed E-state index contributed by atoms with van der Waals surface area (Å²) in [6, 6.07) is 6.26. The summed E-state index contributed by atoms with van der Waals surface area (Å²) in [5.74, 6) is 1.95. The van der Waals surface area contributed by atoms with Crippen LogP contribution in [0.15, 0.2) is 18.2 Å². The average molecular weight is 378 g/mol. The number of piperidine rings is 2. The van der Waals surface area contributed by atoms with Gasteiger partial charge in [0.15, 0.2) is 11.5 Å². The quantitative estimate of drug-likeness (QED) is 0.717. The Bertz CT molecular complexity index is 610. The van der Waals surface area contributed by atoms with Crippen molar-refractivity contribution in [3.8, 4) is 11.5 Å². The third kappa shape index (κ3) is 5.35. The lowest BCUT2D eigenvalue weighted by atomic mass is 9.76. The third-order valence-corrected chi connectivity index (χ3v) is 5.74. The highest BCUT2D eigenvalue weighted by Gasteiger charge is 2.42. The molecule has 6 heteroatoms. The number of hydrogen-bond donors (Lipinski definition) is 2. The fraction of sp³-hybridized carbons (Fsp3) is 0.714. The number of likely N-dealkylation sites (tertiary alicyclic amines) is 1. The first-order valence-electron chi connectivity index (χ1n) is 10.2. The molecule has 2 heterocycles. The highest BCUT2D eigenvalue weighted by molar-refractivity contribution is 5.43. The van der Waals surface area contributed by atoms with Gasteiger partial charge in [-0.05, 0) is 58.1 Å². The number of nitrogens with zero attached hydrogens (tertiary/aromatic N) is 2. The predicted molar refractivity (Wildman–Crippen MR) is 107 cm³/mol. The molecular formula is C21H35N3O3. The predicted octanol–water partition coefficient (Wildman–Crippen LogP) is 1.57. The van der Waals surface area contributed by atoms with Crippen LogP contribution in [0.1, 0.15) is 25.3 Å². The summed E-state index contributed by atoms with van der Waals surface area (Å²) < 4.78 is 11.7. The zero-order chi connectivity index (χ0) is 19.3. The highest BCUT2D eigenvalue weighted by Crippen LogP contribution is 2.34. The Balaban J connectivity index is 1.62. The van der Waals surface area contributed by atoms with E-state index >= 15 is 0 Å². The Morgan fingerprint density at radius 3 is 2.89 bits per heavy atom. The molecule has 0 aliphatic carbocycles. The van der Waals surface area contributed by atoms with Gasteiger partial charge < -0.3 is 24.8 Å². The van der Waals surface area contributed by atoms with E-state index in [1.165, 1.54) is 5.56 Å². The molecule has 0 aromatic heterocycles. The fourth-order valence-electron chi connectivity index (χ4n) is 4.07. The summed E-state index contributed by atoms with van der Waals surface area (Å²) in [7, 11) is 4.08. The van der Waals surface area contributed by atoms with Crippen molar-refractivity contribution in [2.24, 2.45) is 5.92 Å². The molecule has 2 aliphatic heterocycles. The second kappa shape index (κ2) is 9.24. The van der Waals surface area contributed by atoms with Gasteiger partial charge in [-0.1, -0.05) is 6.07 Å². The van der Waals surface area contributed by atoms with Crippen LogP contribution in [0.4, 0.5) is 0 Å². The molecule has 0 saturated carbocycles. The number of ether oxygens (including phenoxy) is 2. The van der Waals surface area contributed by atoms with Crippen LogP contribution in [0.5, 0.6) is 11.5 Å². The van der Waals surface area contributed by atoms with Crippen LogP contribution in [0.3, 0.4) is 0 Å². The van der Waals surface area contributed by atoms with Crippen LogP contribution in [0.25, 0.3) is 0 Å². The van der Waals surface area contributed by atoms with E-state index in [2.05, 4.69) is 27.2 Å². The van der Waals surface area contributed by atoms with Crippen LogP contribution < -0.4 is 14.8 Å². The van der Waals surface area contributed by atoms with Gasteiger partial charge in [0, 0.05) is 38.6 Å². The van der Waals surface area contributed by atoms with Crippen LogP contribution >= 0.6 is 0 Å². The number of rotatable bonds is 8. The number of likely N-dealkylation sites (N-methyl/N-ethyl adjacent to an activating group) is 1. The number of benzene rings is 1. The molecule has 6 nitrogen and oxygen atoms in total. The Labute approximate surface area is 163 Å². The maximum absolute atomic E-state index is 10.8. The summed E-state index contributed by atoms with van der Waals surface area (Å²) in [5, 5.41) is 14.3. The van der Waals surface area contributed by atoms with Crippen molar-refractivity contribution in [2.75, 3.05) is 60.0 Å². The molecule has 0 amide bonds. The van der Waals surface area contributed by atoms with Crippen molar-refractivity contribution in [3.63, 3.8) is 0 Å². The Hall–Kier alpha value is -1.34. The summed E-state index contributed by atoms with van der Waals surface area (Å²) in [6.07, 6.45) is 1.74. The molecule has 1 aromatic rings. The highest BCUT2D eigenvalue weighted by atomic mass is 16.5. The SMILES string of the molecule is CCOc1cc(CN2CC[C@@]3(O)CCNC[C@H]3C2)ccc1OCCN(C)C. The van der Waals surface area contributed by atoms with Gasteiger partial charge in [-0.25, -0.2) is 0 Å². The Morgan fingerprint density at radius 1 is 1.26 bits per heavy atom. The summed E-state index contributed by atoms with van der Waals surface area (Å²) in [5.41, 5.74) is 0.759. The van der Waals surface area contributed by atoms with E-state index in [1.54, 1.807) is 0 Å². The normalized spacial score (nSPS) is 26.0. The van der Waals surface area contributed by atoms with Crippen molar-refractivity contribution in [1.82, 2.24) is 15.1 Å². The minimum absolute atomic E-state index is 0.319. The monoisotopic (exact) mass is 377 g/mol. The number of fused-ring (bicyclic) bond motifs is 1. The first-order valence-corrected chi connectivity index (χ1v) is 10.2. The van der Waals surface area contributed by atoms with E-state index in [-0.39, 0.29) is 0 Å². The van der Waals surface area contributed by atoms with Crippen LogP contribution in [0.2, 0.25) is 0 Å². The van der Waals surface area contributed by atoms with Gasteiger partial charge >= 0.3 is 0 Å². The van der Waals surface area contributed by atoms with Crippen LogP contribution in [-0.4, -0.2) is 80.5 Å². The van der Waals surface area contributed by atoms with E-state index in [1.807, 2.05) is 27.1 Å². The van der Waals surface area contributed by atoms with E-state index in [9.17, 15) is 5.11 Å². The van der Waals surface area contributed by atoms with Crippen LogP contribution in [-0.2, 0) is 6.54 Å². The fourth-order valence-corrected chi connectivity index (χ4v) is 4.07. The summed E-state index contributed by atoms with van der Waals surface area (Å²) >= 11 is 0. The molecule has 0 bridgehead atoms. The lowest BCUT2D eigenvalue weighted by molar-refractivity contribution is -0.0899. The van der Waals surface area contributed by atoms with E-state index < -0.39 is 5.60 Å². The lowest BCUT2D eigenvalue weighted by Crippen LogP contribution is -2.58.